The van der Waals surface area contributed by atoms with Crippen molar-refractivity contribution >= 4 is 17.3 Å². The Morgan fingerprint density at radius 3 is 2.27 bits per heavy atom. The maximum atomic E-state index is 5.64. The van der Waals surface area contributed by atoms with E-state index in [9.17, 15) is 0 Å². The van der Waals surface area contributed by atoms with Gasteiger partial charge in [0.1, 0.15) is 11.5 Å². The van der Waals surface area contributed by atoms with Gasteiger partial charge in [0.2, 0.25) is 0 Å². The van der Waals surface area contributed by atoms with Crippen molar-refractivity contribution < 1.29 is 0 Å². The van der Waals surface area contributed by atoms with Crippen molar-refractivity contribution in [3.8, 4) is 0 Å². The highest BCUT2D eigenvalue weighted by atomic mass is 15.1. The zero-order chi connectivity index (χ0) is 10.8. The number of piperidine rings is 1. The molecule has 0 aromatic carbocycles. The number of hydrogen-bond acceptors (Lipinski definition) is 6. The number of nitrogens with one attached hydrogen (secondary N) is 1. The minimum atomic E-state index is 0.156. The molecule has 0 spiro atoms. The van der Waals surface area contributed by atoms with Crippen molar-refractivity contribution in [3.63, 3.8) is 0 Å². The Balaban J connectivity index is 2.27. The van der Waals surface area contributed by atoms with Gasteiger partial charge in [0.25, 0.3) is 0 Å². The van der Waals surface area contributed by atoms with Crippen LogP contribution >= 0.6 is 0 Å². The molecule has 0 saturated carbocycles. The van der Waals surface area contributed by atoms with Crippen LogP contribution in [0.3, 0.4) is 0 Å². The van der Waals surface area contributed by atoms with E-state index in [1.807, 2.05) is 0 Å². The fourth-order valence-electron chi connectivity index (χ4n) is 1.75. The van der Waals surface area contributed by atoms with Gasteiger partial charge in [0, 0.05) is 0 Å². The van der Waals surface area contributed by atoms with Crippen LogP contribution in [0, 0.1) is 0 Å². The first kappa shape index (κ1) is 9.97. The Morgan fingerprint density at radius 1 is 1.07 bits per heavy atom. The molecule has 1 unspecified atom stereocenters. The maximum Gasteiger partial charge on any atom is 0.152 e. The highest BCUT2D eigenvalue weighted by Gasteiger charge is 2.19. The summed E-state index contributed by atoms with van der Waals surface area (Å²) < 4.78 is 0. The fraction of sp³-hybridized carbons (Fsp3) is 0.556. The Kier molecular flexibility index (Phi) is 2.59. The smallest absolute Gasteiger partial charge is 0.152 e. The standard InChI is InChI=1S/C9H16N6/c10-6-7(11)14-9(15-8(6)12)5-3-1-2-4-13-5/h5,13H,1-4,10H2,(H4,11,12,14,15). The van der Waals surface area contributed by atoms with E-state index in [2.05, 4.69) is 15.3 Å². The number of aromatic nitrogens is 2. The summed E-state index contributed by atoms with van der Waals surface area (Å²) in [5.74, 6) is 1.19. The second-order valence-electron chi connectivity index (χ2n) is 3.77. The van der Waals surface area contributed by atoms with E-state index in [0.29, 0.717) is 5.82 Å². The molecule has 0 bridgehead atoms. The van der Waals surface area contributed by atoms with Gasteiger partial charge >= 0.3 is 0 Å². The number of anilines is 3. The SMILES string of the molecule is Nc1nc(C2CCCCN2)nc(N)c1N. The van der Waals surface area contributed by atoms with Gasteiger partial charge in [-0.25, -0.2) is 9.97 Å². The number of rotatable bonds is 1. The van der Waals surface area contributed by atoms with Crippen LogP contribution in [0.5, 0.6) is 0 Å². The van der Waals surface area contributed by atoms with E-state index in [4.69, 9.17) is 17.2 Å². The summed E-state index contributed by atoms with van der Waals surface area (Å²) in [6.45, 7) is 0.984. The highest BCUT2D eigenvalue weighted by Crippen LogP contribution is 2.24. The Hall–Kier alpha value is -1.56. The topological polar surface area (TPSA) is 116 Å². The van der Waals surface area contributed by atoms with Gasteiger partial charge < -0.3 is 22.5 Å². The number of hydrogen-bond donors (Lipinski definition) is 4. The lowest BCUT2D eigenvalue weighted by Gasteiger charge is -2.22. The lowest BCUT2D eigenvalue weighted by Crippen LogP contribution is -2.29. The van der Waals surface area contributed by atoms with Crippen LogP contribution in [0.1, 0.15) is 31.1 Å². The molecule has 1 aliphatic rings. The van der Waals surface area contributed by atoms with Crippen LogP contribution in [-0.2, 0) is 0 Å². The summed E-state index contributed by atoms with van der Waals surface area (Å²) in [7, 11) is 0. The van der Waals surface area contributed by atoms with Gasteiger partial charge in [-0.15, -0.1) is 0 Å². The predicted octanol–water partition coefficient (Wildman–Crippen LogP) is 0.0378. The number of nitrogens with two attached hydrogens (primary N) is 3. The molecule has 1 aromatic rings. The van der Waals surface area contributed by atoms with Crippen LogP contribution in [0.25, 0.3) is 0 Å². The van der Waals surface area contributed by atoms with Gasteiger partial charge in [-0.05, 0) is 19.4 Å². The summed E-state index contributed by atoms with van der Waals surface area (Å²) in [4.78, 5) is 8.31. The molecular formula is C9H16N6. The van der Waals surface area contributed by atoms with Gasteiger partial charge in [-0.2, -0.15) is 0 Å². The molecular weight excluding hydrogens is 192 g/mol. The molecule has 7 N–H and O–H groups in total. The van der Waals surface area contributed by atoms with Crippen LogP contribution in [0.2, 0.25) is 0 Å². The second-order valence-corrected chi connectivity index (χ2v) is 3.77. The molecule has 0 amide bonds. The minimum Gasteiger partial charge on any atom is -0.393 e. The quantitative estimate of drug-likeness (QED) is 0.517. The lowest BCUT2D eigenvalue weighted by atomic mass is 10.0. The van der Waals surface area contributed by atoms with Crippen molar-refractivity contribution in [1.82, 2.24) is 15.3 Å². The van der Waals surface area contributed by atoms with E-state index in [0.717, 1.165) is 13.0 Å². The highest BCUT2D eigenvalue weighted by molar-refractivity contribution is 5.70. The second kappa shape index (κ2) is 3.90. The molecule has 6 heteroatoms. The van der Waals surface area contributed by atoms with Crippen LogP contribution in [0.15, 0.2) is 0 Å². The molecule has 1 fully saturated rings. The molecule has 1 saturated heterocycles. The first-order chi connectivity index (χ1) is 7.18. The molecule has 82 valence electrons. The van der Waals surface area contributed by atoms with Crippen molar-refractivity contribution in [2.75, 3.05) is 23.7 Å². The van der Waals surface area contributed by atoms with Gasteiger partial charge in [-0.3, -0.25) is 0 Å². The third kappa shape index (κ3) is 1.94. The molecule has 0 aliphatic carbocycles. The normalized spacial score (nSPS) is 21.5. The van der Waals surface area contributed by atoms with Crippen molar-refractivity contribution in [1.29, 1.82) is 0 Å². The lowest BCUT2D eigenvalue weighted by molar-refractivity contribution is 0.398. The van der Waals surface area contributed by atoms with Crippen LogP contribution < -0.4 is 22.5 Å². The van der Waals surface area contributed by atoms with Gasteiger partial charge in [-0.1, -0.05) is 6.42 Å². The molecule has 0 radical (unpaired) electrons. The third-order valence-corrected chi connectivity index (χ3v) is 2.64. The van der Waals surface area contributed by atoms with E-state index in [-0.39, 0.29) is 23.4 Å². The first-order valence-corrected chi connectivity index (χ1v) is 5.10. The maximum absolute atomic E-state index is 5.64. The third-order valence-electron chi connectivity index (χ3n) is 2.64. The molecule has 2 heterocycles. The average Bonchev–Trinajstić information content (AvgIpc) is 2.26. The van der Waals surface area contributed by atoms with E-state index < -0.39 is 0 Å². The van der Waals surface area contributed by atoms with Crippen LogP contribution in [-0.4, -0.2) is 16.5 Å². The average molecular weight is 208 g/mol. The van der Waals surface area contributed by atoms with E-state index in [1.54, 1.807) is 0 Å². The monoisotopic (exact) mass is 208 g/mol. The van der Waals surface area contributed by atoms with Gasteiger partial charge in [0.05, 0.1) is 6.04 Å². The molecule has 1 atom stereocenters. The molecule has 15 heavy (non-hydrogen) atoms. The summed E-state index contributed by atoms with van der Waals surface area (Å²) in [5.41, 5.74) is 17.1. The minimum absolute atomic E-state index is 0.156. The molecule has 2 rings (SSSR count). The first-order valence-electron chi connectivity index (χ1n) is 5.10. The molecule has 6 nitrogen and oxygen atoms in total. The van der Waals surface area contributed by atoms with E-state index in [1.165, 1.54) is 12.8 Å². The zero-order valence-electron chi connectivity index (χ0n) is 8.53. The Bertz CT molecular complexity index is 335. The Labute approximate surface area is 88.3 Å². The van der Waals surface area contributed by atoms with Crippen LogP contribution in [0.4, 0.5) is 17.3 Å². The van der Waals surface area contributed by atoms with Gasteiger partial charge in [0.15, 0.2) is 11.6 Å². The van der Waals surface area contributed by atoms with E-state index >= 15 is 0 Å². The summed E-state index contributed by atoms with van der Waals surface area (Å²) in [6.07, 6.45) is 3.38. The number of nitrogen functional groups attached to an aromatic ring is 3. The van der Waals surface area contributed by atoms with Crippen molar-refractivity contribution in [3.05, 3.63) is 5.82 Å². The van der Waals surface area contributed by atoms with Crippen molar-refractivity contribution in [2.45, 2.75) is 25.3 Å². The predicted molar refractivity (Wildman–Crippen MR) is 59.9 cm³/mol. The molecule has 1 aromatic heterocycles. The Morgan fingerprint density at radius 2 is 1.73 bits per heavy atom. The fourth-order valence-corrected chi connectivity index (χ4v) is 1.75. The molecule has 1 aliphatic heterocycles. The largest absolute Gasteiger partial charge is 0.393 e. The zero-order valence-corrected chi connectivity index (χ0v) is 8.53. The summed E-state index contributed by atoms with van der Waals surface area (Å²) in [5, 5.41) is 3.33. The summed E-state index contributed by atoms with van der Waals surface area (Å²) in [6, 6.07) is 0.156. The van der Waals surface area contributed by atoms with Crippen molar-refractivity contribution in [2.24, 2.45) is 0 Å². The summed E-state index contributed by atoms with van der Waals surface area (Å²) >= 11 is 0. The number of nitrogens with zero attached hydrogens (tertiary/aromatic N) is 2.